The predicted octanol–water partition coefficient (Wildman–Crippen LogP) is 0.437. The van der Waals surface area contributed by atoms with Gasteiger partial charge in [-0.15, -0.1) is 0 Å². The topological polar surface area (TPSA) is 88.1 Å². The van der Waals surface area contributed by atoms with Gasteiger partial charge in [-0.25, -0.2) is 0 Å². The van der Waals surface area contributed by atoms with Crippen LogP contribution in [0.1, 0.15) is 19.4 Å². The van der Waals surface area contributed by atoms with Crippen molar-refractivity contribution in [3.05, 3.63) is 17.7 Å². The zero-order chi connectivity index (χ0) is 16.3. The quantitative estimate of drug-likeness (QED) is 0.824. The SMILES string of the molecule is CCOc1cc(CO)cc2c1OC(C)C(=O)N2CC(=O)NC. The molecule has 0 aromatic heterocycles. The van der Waals surface area contributed by atoms with Gasteiger partial charge in [0, 0.05) is 7.05 Å². The van der Waals surface area contributed by atoms with Crippen molar-refractivity contribution in [3.63, 3.8) is 0 Å². The number of anilines is 1. The van der Waals surface area contributed by atoms with Gasteiger partial charge >= 0.3 is 0 Å². The lowest BCUT2D eigenvalue weighted by molar-refractivity contribution is -0.128. The molecule has 7 heteroatoms. The number of hydrogen-bond donors (Lipinski definition) is 2. The minimum absolute atomic E-state index is 0.115. The lowest BCUT2D eigenvalue weighted by Crippen LogP contribution is -2.48. The van der Waals surface area contributed by atoms with Crippen molar-refractivity contribution in [2.45, 2.75) is 26.6 Å². The van der Waals surface area contributed by atoms with Gasteiger partial charge in [-0.1, -0.05) is 0 Å². The Balaban J connectivity index is 2.53. The molecule has 1 aromatic rings. The highest BCUT2D eigenvalue weighted by atomic mass is 16.5. The Labute approximate surface area is 128 Å². The highest BCUT2D eigenvalue weighted by molar-refractivity contribution is 6.04. The molecule has 2 rings (SSSR count). The zero-order valence-corrected chi connectivity index (χ0v) is 12.9. The van der Waals surface area contributed by atoms with E-state index in [1.54, 1.807) is 19.1 Å². The Morgan fingerprint density at radius 2 is 2.23 bits per heavy atom. The van der Waals surface area contributed by atoms with Crippen LogP contribution in [0.15, 0.2) is 12.1 Å². The van der Waals surface area contributed by atoms with Gasteiger partial charge in [-0.3, -0.25) is 14.5 Å². The summed E-state index contributed by atoms with van der Waals surface area (Å²) in [6.07, 6.45) is -0.712. The molecular formula is C15H20N2O5. The van der Waals surface area contributed by atoms with Crippen LogP contribution in [-0.2, 0) is 16.2 Å². The lowest BCUT2D eigenvalue weighted by Gasteiger charge is -2.33. The number of nitrogens with zero attached hydrogens (tertiary/aromatic N) is 1. The maximum absolute atomic E-state index is 12.3. The Kier molecular flexibility index (Phi) is 4.87. The Bertz CT molecular complexity index is 588. The summed E-state index contributed by atoms with van der Waals surface area (Å²) in [6.45, 7) is 3.55. The van der Waals surface area contributed by atoms with Crippen molar-refractivity contribution < 1.29 is 24.2 Å². The number of hydrogen-bond acceptors (Lipinski definition) is 5. The molecule has 0 saturated heterocycles. The fourth-order valence-corrected chi connectivity index (χ4v) is 2.27. The fourth-order valence-electron chi connectivity index (χ4n) is 2.27. The second-order valence-electron chi connectivity index (χ2n) is 4.89. The fraction of sp³-hybridized carbons (Fsp3) is 0.467. The van der Waals surface area contributed by atoms with Crippen molar-refractivity contribution >= 4 is 17.5 Å². The van der Waals surface area contributed by atoms with E-state index in [1.807, 2.05) is 6.92 Å². The molecule has 2 N–H and O–H groups in total. The Morgan fingerprint density at radius 1 is 1.50 bits per heavy atom. The number of carbonyl (C=O) groups is 2. The van der Waals surface area contributed by atoms with E-state index in [0.717, 1.165) is 0 Å². The molecule has 0 saturated carbocycles. The molecule has 1 heterocycles. The van der Waals surface area contributed by atoms with Crippen molar-refractivity contribution in [2.75, 3.05) is 25.1 Å². The summed E-state index contributed by atoms with van der Waals surface area (Å²) in [4.78, 5) is 25.4. The number of likely N-dealkylation sites (N-methyl/N-ethyl adjacent to an activating group) is 1. The van der Waals surface area contributed by atoms with Crippen LogP contribution < -0.4 is 19.7 Å². The second-order valence-corrected chi connectivity index (χ2v) is 4.89. The third kappa shape index (κ3) is 2.99. The molecule has 22 heavy (non-hydrogen) atoms. The van der Waals surface area contributed by atoms with E-state index in [0.29, 0.717) is 29.4 Å². The molecule has 1 aliphatic rings. The smallest absolute Gasteiger partial charge is 0.268 e. The number of ether oxygens (including phenoxy) is 2. The summed E-state index contributed by atoms with van der Waals surface area (Å²) in [5.41, 5.74) is 1.01. The summed E-state index contributed by atoms with van der Waals surface area (Å²) in [5.74, 6) is 0.259. The van der Waals surface area contributed by atoms with Gasteiger partial charge < -0.3 is 19.9 Å². The first-order valence-electron chi connectivity index (χ1n) is 7.11. The number of carbonyl (C=O) groups excluding carboxylic acids is 2. The number of aliphatic hydroxyl groups excluding tert-OH is 1. The summed E-state index contributed by atoms with van der Waals surface area (Å²) >= 11 is 0. The molecule has 1 aliphatic heterocycles. The van der Waals surface area contributed by atoms with E-state index < -0.39 is 6.10 Å². The minimum atomic E-state index is -0.712. The normalized spacial score (nSPS) is 16.8. The van der Waals surface area contributed by atoms with E-state index in [1.165, 1.54) is 11.9 Å². The summed E-state index contributed by atoms with van der Waals surface area (Å²) in [7, 11) is 1.51. The third-order valence-corrected chi connectivity index (χ3v) is 3.36. The number of aliphatic hydroxyl groups is 1. The molecule has 120 valence electrons. The maximum atomic E-state index is 12.3. The molecule has 0 radical (unpaired) electrons. The maximum Gasteiger partial charge on any atom is 0.268 e. The molecule has 1 atom stereocenters. The lowest BCUT2D eigenvalue weighted by atomic mass is 10.1. The molecule has 0 fully saturated rings. The van der Waals surface area contributed by atoms with E-state index in [2.05, 4.69) is 5.32 Å². The summed E-state index contributed by atoms with van der Waals surface area (Å²) in [6, 6.07) is 3.30. The zero-order valence-electron chi connectivity index (χ0n) is 12.9. The molecule has 0 bridgehead atoms. The predicted molar refractivity (Wildman–Crippen MR) is 80.0 cm³/mol. The average Bonchev–Trinajstić information content (AvgIpc) is 2.52. The van der Waals surface area contributed by atoms with E-state index >= 15 is 0 Å². The number of nitrogens with one attached hydrogen (secondary N) is 1. The first-order valence-corrected chi connectivity index (χ1v) is 7.11. The van der Waals surface area contributed by atoms with Crippen LogP contribution in [0, 0.1) is 0 Å². The van der Waals surface area contributed by atoms with Crippen LogP contribution in [0.2, 0.25) is 0 Å². The van der Waals surface area contributed by atoms with E-state index in [4.69, 9.17) is 9.47 Å². The highest BCUT2D eigenvalue weighted by Crippen LogP contribution is 2.43. The molecule has 7 nitrogen and oxygen atoms in total. The monoisotopic (exact) mass is 308 g/mol. The number of rotatable bonds is 5. The molecule has 0 spiro atoms. The molecule has 1 unspecified atom stereocenters. The number of amides is 2. The molecular weight excluding hydrogens is 288 g/mol. The van der Waals surface area contributed by atoms with Crippen LogP contribution in [0.4, 0.5) is 5.69 Å². The van der Waals surface area contributed by atoms with Gasteiger partial charge in [0.25, 0.3) is 5.91 Å². The molecule has 2 amide bonds. The van der Waals surface area contributed by atoms with Crippen molar-refractivity contribution in [2.24, 2.45) is 0 Å². The van der Waals surface area contributed by atoms with Gasteiger partial charge in [0.05, 0.1) is 18.9 Å². The molecule has 0 aliphatic carbocycles. The van der Waals surface area contributed by atoms with E-state index in [9.17, 15) is 14.7 Å². The van der Waals surface area contributed by atoms with Gasteiger partial charge in [-0.05, 0) is 31.5 Å². The standard InChI is InChI=1S/C15H20N2O5/c1-4-21-12-6-10(8-18)5-11-14(12)22-9(2)15(20)17(11)7-13(19)16-3/h5-6,9,18H,4,7-8H2,1-3H3,(H,16,19). The Morgan fingerprint density at radius 3 is 2.82 bits per heavy atom. The largest absolute Gasteiger partial charge is 0.490 e. The van der Waals surface area contributed by atoms with Gasteiger partial charge in [0.1, 0.15) is 6.54 Å². The first kappa shape index (κ1) is 16.1. The first-order chi connectivity index (χ1) is 10.5. The Hall–Kier alpha value is -2.28. The second kappa shape index (κ2) is 6.65. The highest BCUT2D eigenvalue weighted by Gasteiger charge is 2.35. The van der Waals surface area contributed by atoms with Crippen LogP contribution in [0.25, 0.3) is 0 Å². The van der Waals surface area contributed by atoms with Crippen molar-refractivity contribution in [1.82, 2.24) is 5.32 Å². The van der Waals surface area contributed by atoms with Crippen LogP contribution in [-0.4, -0.2) is 43.2 Å². The van der Waals surface area contributed by atoms with Gasteiger partial charge in [-0.2, -0.15) is 0 Å². The van der Waals surface area contributed by atoms with Gasteiger partial charge in [0.15, 0.2) is 17.6 Å². The minimum Gasteiger partial charge on any atom is -0.490 e. The number of benzene rings is 1. The van der Waals surface area contributed by atoms with Gasteiger partial charge in [0.2, 0.25) is 5.91 Å². The van der Waals surface area contributed by atoms with E-state index in [-0.39, 0.29) is 25.0 Å². The van der Waals surface area contributed by atoms with Crippen LogP contribution in [0.3, 0.4) is 0 Å². The summed E-state index contributed by atoms with van der Waals surface area (Å²) in [5, 5.41) is 11.9. The number of fused-ring (bicyclic) bond motifs is 1. The van der Waals surface area contributed by atoms with Crippen molar-refractivity contribution in [3.8, 4) is 11.5 Å². The van der Waals surface area contributed by atoms with Crippen LogP contribution in [0.5, 0.6) is 11.5 Å². The third-order valence-electron chi connectivity index (χ3n) is 3.36. The van der Waals surface area contributed by atoms with Crippen LogP contribution >= 0.6 is 0 Å². The molecule has 1 aromatic carbocycles. The van der Waals surface area contributed by atoms with Crippen molar-refractivity contribution in [1.29, 1.82) is 0 Å². The average molecular weight is 308 g/mol. The summed E-state index contributed by atoms with van der Waals surface area (Å²) < 4.78 is 11.2.